The maximum absolute atomic E-state index is 12.3. The Kier molecular flexibility index (Phi) is 3.58. The van der Waals surface area contributed by atoms with E-state index in [0.717, 1.165) is 0 Å². The van der Waals surface area contributed by atoms with Crippen LogP contribution in [0.5, 0.6) is 0 Å². The van der Waals surface area contributed by atoms with Crippen LogP contribution in [-0.2, 0) is 6.61 Å². The van der Waals surface area contributed by atoms with E-state index in [-0.39, 0.29) is 10.7 Å². The second-order valence-corrected chi connectivity index (χ2v) is 3.49. The summed E-state index contributed by atoms with van der Waals surface area (Å²) in [5.41, 5.74) is -0.355. The molecule has 0 spiro atoms. The second-order valence-electron chi connectivity index (χ2n) is 2.25. The van der Waals surface area contributed by atoms with E-state index in [1.165, 1.54) is 6.07 Å². The first-order chi connectivity index (χ1) is 6.06. The van der Waals surface area contributed by atoms with Gasteiger partial charge in [0.2, 0.25) is 0 Å². The largest absolute Gasteiger partial charge is 0.390 e. The first-order valence-corrected chi connectivity index (χ1v) is 4.47. The molecule has 1 aromatic heterocycles. The zero-order valence-corrected chi connectivity index (χ0v) is 8.61. The van der Waals surface area contributed by atoms with Crippen molar-refractivity contribution in [3.8, 4) is 0 Å². The van der Waals surface area contributed by atoms with Crippen molar-refractivity contribution in [1.29, 1.82) is 0 Å². The van der Waals surface area contributed by atoms with Crippen molar-refractivity contribution in [3.05, 3.63) is 26.9 Å². The number of rotatable bonds is 2. The molecule has 0 aromatic carbocycles. The molecule has 0 aliphatic heterocycles. The highest BCUT2D eigenvalue weighted by Crippen LogP contribution is 2.31. The minimum atomic E-state index is -2.74. The molecular formula is C7H5BrClF2NO. The van der Waals surface area contributed by atoms with Crippen molar-refractivity contribution in [2.45, 2.75) is 13.0 Å². The first-order valence-electron chi connectivity index (χ1n) is 3.30. The lowest BCUT2D eigenvalue weighted by molar-refractivity contribution is 0.145. The van der Waals surface area contributed by atoms with Gasteiger partial charge in [-0.3, -0.25) is 0 Å². The summed E-state index contributed by atoms with van der Waals surface area (Å²) in [6.45, 7) is -0.393. The molecule has 0 radical (unpaired) electrons. The fraction of sp³-hybridized carbons (Fsp3) is 0.286. The van der Waals surface area contributed by atoms with Crippen molar-refractivity contribution in [3.63, 3.8) is 0 Å². The van der Waals surface area contributed by atoms with Crippen LogP contribution in [0, 0.1) is 0 Å². The smallest absolute Gasteiger partial charge is 0.281 e. The molecule has 0 saturated heterocycles. The summed E-state index contributed by atoms with van der Waals surface area (Å²) < 4.78 is 24.9. The summed E-state index contributed by atoms with van der Waals surface area (Å²) in [6, 6.07) is 1.40. The third-order valence-electron chi connectivity index (χ3n) is 1.36. The Bertz CT molecular complexity index is 322. The van der Waals surface area contributed by atoms with Crippen LogP contribution in [0.2, 0.25) is 5.02 Å². The van der Waals surface area contributed by atoms with Gasteiger partial charge in [-0.05, 0) is 22.0 Å². The Morgan fingerprint density at radius 2 is 2.23 bits per heavy atom. The summed E-state index contributed by atoms with van der Waals surface area (Å²) in [6.07, 6.45) is -2.74. The minimum Gasteiger partial charge on any atom is -0.390 e. The SMILES string of the molecule is OCc1cc(Br)c(Cl)c(C(F)F)n1. The van der Waals surface area contributed by atoms with Crippen LogP contribution in [0.15, 0.2) is 10.5 Å². The summed E-state index contributed by atoms with van der Waals surface area (Å²) in [5.74, 6) is 0. The van der Waals surface area contributed by atoms with E-state index in [2.05, 4.69) is 20.9 Å². The van der Waals surface area contributed by atoms with Gasteiger partial charge in [-0.2, -0.15) is 0 Å². The highest BCUT2D eigenvalue weighted by Gasteiger charge is 2.17. The Balaban J connectivity index is 3.25. The molecule has 72 valence electrons. The van der Waals surface area contributed by atoms with E-state index in [0.29, 0.717) is 4.47 Å². The van der Waals surface area contributed by atoms with E-state index in [9.17, 15) is 8.78 Å². The van der Waals surface area contributed by atoms with Crippen molar-refractivity contribution in [2.24, 2.45) is 0 Å². The molecule has 0 atom stereocenters. The predicted octanol–water partition coefficient (Wildman–Crippen LogP) is 2.93. The van der Waals surface area contributed by atoms with E-state index in [4.69, 9.17) is 16.7 Å². The van der Waals surface area contributed by atoms with Gasteiger partial charge in [0.1, 0.15) is 5.69 Å². The second kappa shape index (κ2) is 4.30. The van der Waals surface area contributed by atoms with E-state index < -0.39 is 18.7 Å². The molecule has 0 aliphatic carbocycles. The van der Waals surface area contributed by atoms with Crippen molar-refractivity contribution in [2.75, 3.05) is 0 Å². The lowest BCUT2D eigenvalue weighted by Crippen LogP contribution is -1.98. The highest BCUT2D eigenvalue weighted by molar-refractivity contribution is 9.10. The van der Waals surface area contributed by atoms with Crippen LogP contribution in [0.3, 0.4) is 0 Å². The number of aliphatic hydroxyl groups is 1. The van der Waals surface area contributed by atoms with Gasteiger partial charge in [-0.25, -0.2) is 13.8 Å². The van der Waals surface area contributed by atoms with Gasteiger partial charge in [0.25, 0.3) is 6.43 Å². The zero-order valence-electron chi connectivity index (χ0n) is 6.27. The molecule has 0 aliphatic rings. The third kappa shape index (κ3) is 2.36. The number of aromatic nitrogens is 1. The number of nitrogens with zero attached hydrogens (tertiary/aromatic N) is 1. The molecule has 0 amide bonds. The van der Waals surface area contributed by atoms with Gasteiger partial charge in [-0.1, -0.05) is 11.6 Å². The molecule has 6 heteroatoms. The maximum Gasteiger partial charge on any atom is 0.281 e. The maximum atomic E-state index is 12.3. The van der Waals surface area contributed by atoms with Gasteiger partial charge in [-0.15, -0.1) is 0 Å². The lowest BCUT2D eigenvalue weighted by Gasteiger charge is -2.06. The average molecular weight is 272 g/mol. The van der Waals surface area contributed by atoms with E-state index in [1.54, 1.807) is 0 Å². The Hall–Kier alpha value is -0.260. The van der Waals surface area contributed by atoms with Gasteiger partial charge < -0.3 is 5.11 Å². The number of hydrogen-bond acceptors (Lipinski definition) is 2. The molecule has 1 heterocycles. The third-order valence-corrected chi connectivity index (χ3v) is 2.61. The first kappa shape index (κ1) is 10.8. The van der Waals surface area contributed by atoms with Gasteiger partial charge in [0, 0.05) is 4.47 Å². The standard InChI is InChI=1S/C7H5BrClF2NO/c8-4-1-3(2-13)12-6(5(4)9)7(10)11/h1,7,13H,2H2. The molecule has 0 fully saturated rings. The molecule has 2 nitrogen and oxygen atoms in total. The lowest BCUT2D eigenvalue weighted by atomic mass is 10.3. The summed E-state index contributed by atoms with van der Waals surface area (Å²) in [4.78, 5) is 3.49. The van der Waals surface area contributed by atoms with Crippen molar-refractivity contribution >= 4 is 27.5 Å². The monoisotopic (exact) mass is 271 g/mol. The molecule has 1 rings (SSSR count). The molecule has 13 heavy (non-hydrogen) atoms. The molecule has 1 aromatic rings. The van der Waals surface area contributed by atoms with E-state index in [1.807, 2.05) is 0 Å². The summed E-state index contributed by atoms with van der Waals surface area (Å²) in [7, 11) is 0. The molecular weight excluding hydrogens is 267 g/mol. The van der Waals surface area contributed by atoms with Crippen LogP contribution < -0.4 is 0 Å². The molecule has 0 unspecified atom stereocenters. The zero-order chi connectivity index (χ0) is 10.0. The number of pyridine rings is 1. The minimum absolute atomic E-state index is 0.118. The van der Waals surface area contributed by atoms with Crippen LogP contribution >= 0.6 is 27.5 Å². The fourth-order valence-electron chi connectivity index (χ4n) is 0.794. The molecule has 1 N–H and O–H groups in total. The van der Waals surface area contributed by atoms with Gasteiger partial charge in [0.15, 0.2) is 0 Å². The number of halogens is 4. The fourth-order valence-corrected chi connectivity index (χ4v) is 1.44. The number of aliphatic hydroxyl groups excluding tert-OH is 1. The summed E-state index contributed by atoms with van der Waals surface area (Å²) >= 11 is 8.54. The van der Waals surface area contributed by atoms with E-state index >= 15 is 0 Å². The predicted molar refractivity (Wildman–Crippen MR) is 47.8 cm³/mol. The van der Waals surface area contributed by atoms with Gasteiger partial charge >= 0.3 is 0 Å². The van der Waals surface area contributed by atoms with Crippen LogP contribution in [0.4, 0.5) is 8.78 Å². The number of hydrogen-bond donors (Lipinski definition) is 1. The van der Waals surface area contributed by atoms with Crippen LogP contribution in [0.25, 0.3) is 0 Å². The van der Waals surface area contributed by atoms with Gasteiger partial charge in [0.05, 0.1) is 17.3 Å². The van der Waals surface area contributed by atoms with Crippen molar-refractivity contribution < 1.29 is 13.9 Å². The normalized spacial score (nSPS) is 10.9. The number of alkyl halides is 2. The Labute approximate surface area is 86.7 Å². The molecule has 0 saturated carbocycles. The topological polar surface area (TPSA) is 33.1 Å². The average Bonchev–Trinajstić information content (AvgIpc) is 2.09. The quantitative estimate of drug-likeness (QED) is 0.898. The highest BCUT2D eigenvalue weighted by atomic mass is 79.9. The summed E-state index contributed by atoms with van der Waals surface area (Å²) in [5, 5.41) is 8.57. The Morgan fingerprint density at radius 1 is 1.62 bits per heavy atom. The Morgan fingerprint density at radius 3 is 2.69 bits per heavy atom. The van der Waals surface area contributed by atoms with Crippen LogP contribution in [0.1, 0.15) is 17.8 Å². The van der Waals surface area contributed by atoms with Crippen LogP contribution in [-0.4, -0.2) is 10.1 Å². The van der Waals surface area contributed by atoms with Crippen molar-refractivity contribution in [1.82, 2.24) is 4.98 Å². The molecule has 0 bridgehead atoms.